The maximum Gasteiger partial charge on any atom is 0.313 e. The summed E-state index contributed by atoms with van der Waals surface area (Å²) in [5.41, 5.74) is -2.35. The molecule has 19 heavy (non-hydrogen) atoms. The van der Waals surface area contributed by atoms with E-state index in [-0.39, 0.29) is 11.8 Å². The maximum atomic E-state index is 11.9. The highest BCUT2D eigenvalue weighted by atomic mass is 16.4. The van der Waals surface area contributed by atoms with Gasteiger partial charge in [-0.1, -0.05) is 19.3 Å². The first kappa shape index (κ1) is 13.9. The summed E-state index contributed by atoms with van der Waals surface area (Å²) in [7, 11) is 0. The molecule has 2 aliphatic rings. The van der Waals surface area contributed by atoms with E-state index in [2.05, 4.69) is 11.4 Å². The molecule has 0 saturated heterocycles. The number of nitrogens with one attached hydrogen (secondary N) is 1. The van der Waals surface area contributed by atoms with Gasteiger partial charge in [-0.2, -0.15) is 5.26 Å². The van der Waals surface area contributed by atoms with Crippen molar-refractivity contribution in [2.45, 2.75) is 57.4 Å². The minimum Gasteiger partial charge on any atom is -0.481 e. The second-order valence-electron chi connectivity index (χ2n) is 5.82. The Morgan fingerprint density at radius 3 is 2.26 bits per heavy atom. The summed E-state index contributed by atoms with van der Waals surface area (Å²) in [6.45, 7) is 1.35. The fourth-order valence-electron chi connectivity index (χ4n) is 3.56. The Bertz CT molecular complexity index is 430. The minimum absolute atomic E-state index is 0.0180. The van der Waals surface area contributed by atoms with Gasteiger partial charge in [-0.05, 0) is 31.6 Å². The van der Waals surface area contributed by atoms with E-state index in [0.717, 1.165) is 32.1 Å². The number of rotatable bonds is 4. The van der Waals surface area contributed by atoms with Crippen LogP contribution in [0.2, 0.25) is 0 Å². The number of carboxylic acids is 1. The van der Waals surface area contributed by atoms with E-state index in [1.54, 1.807) is 0 Å². The van der Waals surface area contributed by atoms with Crippen LogP contribution in [0, 0.1) is 22.7 Å². The van der Waals surface area contributed by atoms with Gasteiger partial charge in [-0.25, -0.2) is 0 Å². The summed E-state index contributed by atoms with van der Waals surface area (Å²) in [6, 6.07) is 2.19. The van der Waals surface area contributed by atoms with Gasteiger partial charge < -0.3 is 10.4 Å². The number of amides is 1. The number of aliphatic carboxylic acids is 1. The molecule has 0 aliphatic heterocycles. The van der Waals surface area contributed by atoms with Crippen LogP contribution in [0.1, 0.15) is 51.9 Å². The quantitative estimate of drug-likeness (QED) is 0.810. The normalized spacial score (nSPS) is 24.8. The maximum absolute atomic E-state index is 11.9. The van der Waals surface area contributed by atoms with Crippen molar-refractivity contribution in [1.29, 1.82) is 5.26 Å². The Kier molecular flexibility index (Phi) is 3.53. The molecular formula is C14H20N2O3. The SMILES string of the molecule is CC(=O)NC(C#N)(C1CC1)C1(C(=O)O)CCCCC1. The number of carboxylic acid groups (broad SMARTS) is 1. The van der Waals surface area contributed by atoms with Gasteiger partial charge in [0.2, 0.25) is 5.91 Å². The largest absolute Gasteiger partial charge is 0.481 e. The van der Waals surface area contributed by atoms with Gasteiger partial charge in [0.1, 0.15) is 11.0 Å². The summed E-state index contributed by atoms with van der Waals surface area (Å²) in [4.78, 5) is 23.4. The van der Waals surface area contributed by atoms with Crippen LogP contribution in [-0.2, 0) is 9.59 Å². The molecule has 0 aromatic rings. The van der Waals surface area contributed by atoms with Gasteiger partial charge in [-0.15, -0.1) is 0 Å². The lowest BCUT2D eigenvalue weighted by Crippen LogP contribution is -2.64. The Hall–Kier alpha value is -1.57. The Balaban J connectivity index is 2.47. The van der Waals surface area contributed by atoms with Gasteiger partial charge in [0.15, 0.2) is 0 Å². The van der Waals surface area contributed by atoms with E-state index in [1.807, 2.05) is 0 Å². The zero-order valence-corrected chi connectivity index (χ0v) is 11.2. The lowest BCUT2D eigenvalue weighted by Gasteiger charge is -2.46. The molecule has 104 valence electrons. The monoisotopic (exact) mass is 264 g/mol. The van der Waals surface area contributed by atoms with Crippen LogP contribution >= 0.6 is 0 Å². The van der Waals surface area contributed by atoms with E-state index >= 15 is 0 Å². The molecule has 2 fully saturated rings. The average Bonchev–Trinajstić information content (AvgIpc) is 3.20. The average molecular weight is 264 g/mol. The van der Waals surface area contributed by atoms with Gasteiger partial charge in [-0.3, -0.25) is 9.59 Å². The van der Waals surface area contributed by atoms with Gasteiger partial charge in [0.25, 0.3) is 0 Å². The molecule has 2 N–H and O–H groups in total. The van der Waals surface area contributed by atoms with Crippen LogP contribution in [0.5, 0.6) is 0 Å². The van der Waals surface area contributed by atoms with E-state index < -0.39 is 16.9 Å². The first-order valence-electron chi connectivity index (χ1n) is 6.92. The topological polar surface area (TPSA) is 90.2 Å². The highest BCUT2D eigenvalue weighted by Crippen LogP contribution is 2.54. The molecule has 0 aromatic carbocycles. The van der Waals surface area contributed by atoms with Crippen molar-refractivity contribution in [2.75, 3.05) is 0 Å². The molecule has 0 aromatic heterocycles. The lowest BCUT2D eigenvalue weighted by atomic mass is 9.59. The molecule has 2 aliphatic carbocycles. The number of carbonyl (C=O) groups is 2. The van der Waals surface area contributed by atoms with Crippen LogP contribution in [-0.4, -0.2) is 22.5 Å². The smallest absolute Gasteiger partial charge is 0.313 e. The Morgan fingerprint density at radius 1 is 1.32 bits per heavy atom. The van der Waals surface area contributed by atoms with Crippen molar-refractivity contribution >= 4 is 11.9 Å². The molecular weight excluding hydrogens is 244 g/mol. The molecule has 5 nitrogen and oxygen atoms in total. The predicted octanol–water partition coefficient (Wildman–Crippen LogP) is 1.83. The molecule has 5 heteroatoms. The summed E-state index contributed by atoms with van der Waals surface area (Å²) < 4.78 is 0. The minimum atomic E-state index is -1.23. The van der Waals surface area contributed by atoms with Crippen molar-refractivity contribution in [2.24, 2.45) is 11.3 Å². The van der Waals surface area contributed by atoms with Crippen molar-refractivity contribution in [1.82, 2.24) is 5.32 Å². The molecule has 0 heterocycles. The highest BCUT2D eigenvalue weighted by molar-refractivity contribution is 5.82. The van der Waals surface area contributed by atoms with E-state index in [0.29, 0.717) is 12.8 Å². The standard InChI is InChI=1S/C14H20N2O3/c1-10(17)16-14(9-15,11-5-6-11)13(12(18)19)7-3-2-4-8-13/h11H,2-8H2,1H3,(H,16,17)(H,18,19). The zero-order chi connectivity index (χ0) is 14.1. The van der Waals surface area contributed by atoms with Crippen LogP contribution in [0.15, 0.2) is 0 Å². The van der Waals surface area contributed by atoms with Crippen LogP contribution in [0.4, 0.5) is 0 Å². The molecule has 2 rings (SSSR count). The first-order chi connectivity index (χ1) is 8.98. The van der Waals surface area contributed by atoms with E-state index in [1.165, 1.54) is 6.92 Å². The number of hydrogen-bond donors (Lipinski definition) is 2. The molecule has 1 unspecified atom stereocenters. The Labute approximate surface area is 113 Å². The third kappa shape index (κ3) is 2.09. The van der Waals surface area contributed by atoms with Crippen LogP contribution < -0.4 is 5.32 Å². The van der Waals surface area contributed by atoms with Gasteiger partial charge >= 0.3 is 5.97 Å². The van der Waals surface area contributed by atoms with Crippen LogP contribution in [0.25, 0.3) is 0 Å². The second-order valence-corrected chi connectivity index (χ2v) is 5.82. The summed E-state index contributed by atoms with van der Waals surface area (Å²) in [5, 5.41) is 22.1. The number of nitrogens with zero attached hydrogens (tertiary/aromatic N) is 1. The zero-order valence-electron chi connectivity index (χ0n) is 11.2. The third-order valence-corrected chi connectivity index (χ3v) is 4.61. The summed E-state index contributed by atoms with van der Waals surface area (Å²) in [6.07, 6.45) is 5.22. The summed E-state index contributed by atoms with van der Waals surface area (Å²) >= 11 is 0. The van der Waals surface area contributed by atoms with E-state index in [4.69, 9.17) is 0 Å². The van der Waals surface area contributed by atoms with Crippen molar-refractivity contribution in [3.05, 3.63) is 0 Å². The Morgan fingerprint density at radius 2 is 1.89 bits per heavy atom. The third-order valence-electron chi connectivity index (χ3n) is 4.61. The summed E-state index contributed by atoms with van der Waals surface area (Å²) in [5.74, 6) is -1.27. The fourth-order valence-corrected chi connectivity index (χ4v) is 3.56. The number of hydrogen-bond acceptors (Lipinski definition) is 3. The number of nitriles is 1. The fraction of sp³-hybridized carbons (Fsp3) is 0.786. The van der Waals surface area contributed by atoms with Crippen molar-refractivity contribution in [3.63, 3.8) is 0 Å². The van der Waals surface area contributed by atoms with Gasteiger partial charge in [0.05, 0.1) is 6.07 Å². The molecule has 0 spiro atoms. The molecule has 0 radical (unpaired) electrons. The highest BCUT2D eigenvalue weighted by Gasteiger charge is 2.64. The lowest BCUT2D eigenvalue weighted by molar-refractivity contribution is -0.157. The van der Waals surface area contributed by atoms with E-state index in [9.17, 15) is 20.0 Å². The molecule has 0 bridgehead atoms. The van der Waals surface area contributed by atoms with Crippen molar-refractivity contribution < 1.29 is 14.7 Å². The second kappa shape index (κ2) is 4.84. The van der Waals surface area contributed by atoms with Gasteiger partial charge in [0, 0.05) is 6.92 Å². The molecule has 1 amide bonds. The number of carbonyl (C=O) groups excluding carboxylic acids is 1. The first-order valence-corrected chi connectivity index (χ1v) is 6.92. The molecule has 1 atom stereocenters. The van der Waals surface area contributed by atoms with Crippen molar-refractivity contribution in [3.8, 4) is 6.07 Å². The van der Waals surface area contributed by atoms with Crippen LogP contribution in [0.3, 0.4) is 0 Å². The molecule has 2 saturated carbocycles. The predicted molar refractivity (Wildman–Crippen MR) is 68.0 cm³/mol.